The third-order valence-electron chi connectivity index (χ3n) is 2.79. The summed E-state index contributed by atoms with van der Waals surface area (Å²) in [6.45, 7) is -0.264. The average Bonchev–Trinajstić information content (AvgIpc) is 2.40. The minimum atomic E-state index is -1.00. The van der Waals surface area contributed by atoms with Crippen molar-refractivity contribution < 1.29 is 19.4 Å². The number of hydrogen-bond donors (Lipinski definition) is 1. The number of carboxylic acids is 1. The van der Waals surface area contributed by atoms with Crippen LogP contribution in [0.15, 0.2) is 29.2 Å². The maximum absolute atomic E-state index is 12.0. The van der Waals surface area contributed by atoms with Crippen LogP contribution in [0.1, 0.15) is 0 Å². The van der Waals surface area contributed by atoms with E-state index in [1.54, 1.807) is 12.1 Å². The molecular formula is C13H13NO5. The Hall–Kier alpha value is -2.50. The fourth-order valence-corrected chi connectivity index (χ4v) is 2.00. The molecule has 1 N–H and O–H groups in total. The third kappa shape index (κ3) is 2.24. The van der Waals surface area contributed by atoms with E-state index in [1.807, 2.05) is 0 Å². The third-order valence-corrected chi connectivity index (χ3v) is 2.79. The number of hydrogen-bond acceptors (Lipinski definition) is 4. The molecule has 0 fully saturated rings. The minimum absolute atomic E-state index is 0.243. The van der Waals surface area contributed by atoms with Crippen LogP contribution in [0.5, 0.6) is 11.5 Å². The standard InChI is InChI=1S/C13H13NO5/c1-18-9-3-4-10(19-2)13-12(9)8(15)5-6-14(13)7-11(16)17/h3-6H,7H2,1-2H3,(H,16,17). The second kappa shape index (κ2) is 5.01. The quantitative estimate of drug-likeness (QED) is 0.893. The number of ether oxygens (including phenoxy) is 2. The van der Waals surface area contributed by atoms with Gasteiger partial charge in [-0.2, -0.15) is 0 Å². The van der Waals surface area contributed by atoms with Crippen LogP contribution in [0, 0.1) is 0 Å². The highest BCUT2D eigenvalue weighted by atomic mass is 16.5. The van der Waals surface area contributed by atoms with E-state index in [2.05, 4.69) is 0 Å². The van der Waals surface area contributed by atoms with E-state index < -0.39 is 5.97 Å². The van der Waals surface area contributed by atoms with Gasteiger partial charge in [-0.15, -0.1) is 0 Å². The van der Waals surface area contributed by atoms with Crippen molar-refractivity contribution in [3.8, 4) is 11.5 Å². The van der Waals surface area contributed by atoms with E-state index in [1.165, 1.54) is 31.0 Å². The zero-order chi connectivity index (χ0) is 14.0. The van der Waals surface area contributed by atoms with Crippen LogP contribution >= 0.6 is 0 Å². The number of pyridine rings is 1. The highest BCUT2D eigenvalue weighted by Gasteiger charge is 2.14. The van der Waals surface area contributed by atoms with E-state index in [9.17, 15) is 9.59 Å². The minimum Gasteiger partial charge on any atom is -0.496 e. The Morgan fingerprint density at radius 1 is 1.21 bits per heavy atom. The van der Waals surface area contributed by atoms with Crippen LogP contribution in [0.3, 0.4) is 0 Å². The Balaban J connectivity index is 2.89. The Morgan fingerprint density at radius 3 is 2.42 bits per heavy atom. The first-order chi connectivity index (χ1) is 9.08. The molecule has 0 spiro atoms. The number of carbonyl (C=O) groups is 1. The van der Waals surface area contributed by atoms with Crippen molar-refractivity contribution in [3.05, 3.63) is 34.6 Å². The molecule has 0 saturated carbocycles. The second-order valence-electron chi connectivity index (χ2n) is 3.90. The summed E-state index contributed by atoms with van der Waals surface area (Å²) in [7, 11) is 2.92. The predicted molar refractivity (Wildman–Crippen MR) is 68.9 cm³/mol. The number of fused-ring (bicyclic) bond motifs is 1. The van der Waals surface area contributed by atoms with Crippen molar-refractivity contribution in [1.29, 1.82) is 0 Å². The molecule has 0 aliphatic heterocycles. The molecule has 0 unspecified atom stereocenters. The van der Waals surface area contributed by atoms with Gasteiger partial charge in [-0.25, -0.2) is 0 Å². The van der Waals surface area contributed by atoms with Gasteiger partial charge in [0.2, 0.25) is 0 Å². The van der Waals surface area contributed by atoms with Gasteiger partial charge in [0.25, 0.3) is 0 Å². The molecule has 0 bridgehead atoms. The molecule has 6 nitrogen and oxygen atoms in total. The lowest BCUT2D eigenvalue weighted by Crippen LogP contribution is -2.14. The summed E-state index contributed by atoms with van der Waals surface area (Å²) in [5.74, 6) is -0.190. The fraction of sp³-hybridized carbons (Fsp3) is 0.231. The summed E-state index contributed by atoms with van der Waals surface area (Å²) in [6.07, 6.45) is 1.43. The van der Waals surface area contributed by atoms with Crippen molar-refractivity contribution in [2.75, 3.05) is 14.2 Å². The molecule has 1 heterocycles. The molecule has 2 rings (SSSR count). The van der Waals surface area contributed by atoms with Crippen molar-refractivity contribution in [2.45, 2.75) is 6.54 Å². The zero-order valence-electron chi connectivity index (χ0n) is 10.5. The first kappa shape index (κ1) is 12.9. The number of rotatable bonds is 4. The summed E-state index contributed by atoms with van der Waals surface area (Å²) < 4.78 is 11.8. The molecule has 19 heavy (non-hydrogen) atoms. The maximum Gasteiger partial charge on any atom is 0.323 e. The monoisotopic (exact) mass is 263 g/mol. The molecule has 1 aromatic heterocycles. The number of aliphatic carboxylic acids is 1. The van der Waals surface area contributed by atoms with E-state index in [-0.39, 0.29) is 12.0 Å². The van der Waals surface area contributed by atoms with Gasteiger partial charge in [0, 0.05) is 12.3 Å². The molecular weight excluding hydrogens is 250 g/mol. The van der Waals surface area contributed by atoms with Gasteiger partial charge in [-0.05, 0) is 12.1 Å². The topological polar surface area (TPSA) is 77.8 Å². The van der Waals surface area contributed by atoms with E-state index in [0.29, 0.717) is 22.4 Å². The second-order valence-corrected chi connectivity index (χ2v) is 3.90. The van der Waals surface area contributed by atoms with Crippen LogP contribution in [0.25, 0.3) is 10.9 Å². The molecule has 0 atom stereocenters. The van der Waals surface area contributed by atoms with Crippen LogP contribution in [-0.4, -0.2) is 29.9 Å². The number of benzene rings is 1. The molecule has 0 aliphatic carbocycles. The Bertz CT molecular complexity index is 689. The first-order valence-corrected chi connectivity index (χ1v) is 5.54. The smallest absolute Gasteiger partial charge is 0.323 e. The number of carboxylic acid groups (broad SMARTS) is 1. The summed E-state index contributed by atoms with van der Waals surface area (Å²) in [5.41, 5.74) is 0.170. The van der Waals surface area contributed by atoms with Crippen LogP contribution < -0.4 is 14.9 Å². The van der Waals surface area contributed by atoms with Gasteiger partial charge in [0.05, 0.1) is 25.1 Å². The molecule has 0 radical (unpaired) electrons. The van der Waals surface area contributed by atoms with Gasteiger partial charge in [0.15, 0.2) is 5.43 Å². The summed E-state index contributed by atoms with van der Waals surface area (Å²) >= 11 is 0. The van der Waals surface area contributed by atoms with Crippen LogP contribution in [0.2, 0.25) is 0 Å². The largest absolute Gasteiger partial charge is 0.496 e. The number of methoxy groups -OCH3 is 2. The maximum atomic E-state index is 12.0. The van der Waals surface area contributed by atoms with Crippen molar-refractivity contribution in [1.82, 2.24) is 4.57 Å². The van der Waals surface area contributed by atoms with Crippen LogP contribution in [-0.2, 0) is 11.3 Å². The number of aromatic nitrogens is 1. The van der Waals surface area contributed by atoms with Crippen molar-refractivity contribution in [2.24, 2.45) is 0 Å². The van der Waals surface area contributed by atoms with Crippen molar-refractivity contribution in [3.63, 3.8) is 0 Å². The van der Waals surface area contributed by atoms with E-state index in [0.717, 1.165) is 0 Å². The van der Waals surface area contributed by atoms with Gasteiger partial charge in [0.1, 0.15) is 18.0 Å². The fourth-order valence-electron chi connectivity index (χ4n) is 2.00. The van der Waals surface area contributed by atoms with Crippen LogP contribution in [0.4, 0.5) is 0 Å². The zero-order valence-corrected chi connectivity index (χ0v) is 10.5. The molecule has 6 heteroatoms. The lowest BCUT2D eigenvalue weighted by Gasteiger charge is -2.14. The van der Waals surface area contributed by atoms with Gasteiger partial charge in [-0.1, -0.05) is 0 Å². The van der Waals surface area contributed by atoms with Gasteiger partial charge >= 0.3 is 5.97 Å². The first-order valence-electron chi connectivity index (χ1n) is 5.54. The average molecular weight is 263 g/mol. The Morgan fingerprint density at radius 2 is 1.84 bits per heavy atom. The normalized spacial score (nSPS) is 10.4. The predicted octanol–water partition coefficient (Wildman–Crippen LogP) is 1.10. The van der Waals surface area contributed by atoms with Gasteiger partial charge < -0.3 is 19.1 Å². The Labute approximate surface area is 108 Å². The van der Waals surface area contributed by atoms with E-state index >= 15 is 0 Å². The SMILES string of the molecule is COc1ccc(OC)c2c1c(=O)ccn2CC(=O)O. The summed E-state index contributed by atoms with van der Waals surface area (Å²) in [6, 6.07) is 4.57. The molecule has 0 aliphatic rings. The molecule has 0 saturated heterocycles. The van der Waals surface area contributed by atoms with Gasteiger partial charge in [-0.3, -0.25) is 9.59 Å². The summed E-state index contributed by atoms with van der Waals surface area (Å²) in [4.78, 5) is 22.8. The molecule has 2 aromatic rings. The highest BCUT2D eigenvalue weighted by molar-refractivity contribution is 5.91. The highest BCUT2D eigenvalue weighted by Crippen LogP contribution is 2.30. The molecule has 0 amide bonds. The lowest BCUT2D eigenvalue weighted by molar-refractivity contribution is -0.137. The molecule has 100 valence electrons. The lowest BCUT2D eigenvalue weighted by atomic mass is 10.1. The Kier molecular flexibility index (Phi) is 3.41. The molecule has 1 aromatic carbocycles. The number of nitrogens with zero attached hydrogens (tertiary/aromatic N) is 1. The van der Waals surface area contributed by atoms with Crippen molar-refractivity contribution >= 4 is 16.9 Å². The van der Waals surface area contributed by atoms with E-state index in [4.69, 9.17) is 14.6 Å². The summed E-state index contributed by atoms with van der Waals surface area (Å²) in [5, 5.41) is 9.23.